The SMILES string of the molecule is c1ccc2c(c1)CC(CN1CCCCCCC1)CN2. The van der Waals surface area contributed by atoms with E-state index < -0.39 is 0 Å². The number of benzene rings is 1. The van der Waals surface area contributed by atoms with Crippen LogP contribution in [-0.4, -0.2) is 31.1 Å². The summed E-state index contributed by atoms with van der Waals surface area (Å²) in [5.41, 5.74) is 2.86. The van der Waals surface area contributed by atoms with Crippen LogP contribution < -0.4 is 5.32 Å². The largest absolute Gasteiger partial charge is 0.384 e. The van der Waals surface area contributed by atoms with E-state index in [1.54, 1.807) is 0 Å². The maximum atomic E-state index is 3.60. The molecule has 1 saturated heterocycles. The monoisotopic (exact) mass is 258 g/mol. The van der Waals surface area contributed by atoms with Crippen molar-refractivity contribution in [2.45, 2.75) is 38.5 Å². The number of nitrogens with zero attached hydrogens (tertiary/aromatic N) is 1. The van der Waals surface area contributed by atoms with Crippen LogP contribution in [0.4, 0.5) is 5.69 Å². The van der Waals surface area contributed by atoms with Crippen LogP contribution in [-0.2, 0) is 6.42 Å². The van der Waals surface area contributed by atoms with Crippen molar-refractivity contribution in [2.75, 3.05) is 31.5 Å². The molecule has 0 aromatic heterocycles. The van der Waals surface area contributed by atoms with E-state index in [1.165, 1.54) is 69.4 Å². The molecule has 0 amide bonds. The van der Waals surface area contributed by atoms with Gasteiger partial charge in [-0.25, -0.2) is 0 Å². The third kappa shape index (κ3) is 3.50. The number of hydrogen-bond acceptors (Lipinski definition) is 2. The molecular formula is C17H26N2. The summed E-state index contributed by atoms with van der Waals surface area (Å²) >= 11 is 0. The van der Waals surface area contributed by atoms with E-state index in [0.717, 1.165) is 12.5 Å². The summed E-state index contributed by atoms with van der Waals surface area (Å²) in [6, 6.07) is 8.78. The Balaban J connectivity index is 1.56. The lowest BCUT2D eigenvalue weighted by atomic mass is 9.93. The number of rotatable bonds is 2. The lowest BCUT2D eigenvalue weighted by Crippen LogP contribution is -2.37. The Kier molecular flexibility index (Phi) is 4.39. The van der Waals surface area contributed by atoms with Gasteiger partial charge in [0.15, 0.2) is 0 Å². The summed E-state index contributed by atoms with van der Waals surface area (Å²) in [6.07, 6.45) is 8.36. The minimum Gasteiger partial charge on any atom is -0.384 e. The molecule has 1 aromatic rings. The molecule has 1 fully saturated rings. The average Bonchev–Trinajstić information content (AvgIpc) is 2.41. The van der Waals surface area contributed by atoms with E-state index >= 15 is 0 Å². The van der Waals surface area contributed by atoms with E-state index in [2.05, 4.69) is 34.5 Å². The van der Waals surface area contributed by atoms with Gasteiger partial charge in [0.1, 0.15) is 0 Å². The minimum atomic E-state index is 0.786. The van der Waals surface area contributed by atoms with Gasteiger partial charge in [0.25, 0.3) is 0 Å². The lowest BCUT2D eigenvalue weighted by Gasteiger charge is -2.32. The molecule has 2 aliphatic heterocycles. The Morgan fingerprint density at radius 2 is 1.74 bits per heavy atom. The number of anilines is 1. The summed E-state index contributed by atoms with van der Waals surface area (Å²) in [6.45, 7) is 5.06. The molecule has 1 unspecified atom stereocenters. The highest BCUT2D eigenvalue weighted by atomic mass is 15.1. The number of fused-ring (bicyclic) bond motifs is 1. The molecule has 1 aromatic carbocycles. The highest BCUT2D eigenvalue weighted by molar-refractivity contribution is 5.53. The second kappa shape index (κ2) is 6.42. The molecular weight excluding hydrogens is 232 g/mol. The fraction of sp³-hybridized carbons (Fsp3) is 0.647. The molecule has 0 bridgehead atoms. The van der Waals surface area contributed by atoms with Crippen molar-refractivity contribution >= 4 is 5.69 Å². The van der Waals surface area contributed by atoms with Crippen LogP contribution in [0.25, 0.3) is 0 Å². The second-order valence-electron chi connectivity index (χ2n) is 6.18. The fourth-order valence-corrected chi connectivity index (χ4v) is 3.50. The summed E-state index contributed by atoms with van der Waals surface area (Å²) < 4.78 is 0. The molecule has 0 aliphatic carbocycles. The van der Waals surface area contributed by atoms with Gasteiger partial charge in [0.2, 0.25) is 0 Å². The van der Waals surface area contributed by atoms with Gasteiger partial charge in [-0.1, -0.05) is 37.5 Å². The smallest absolute Gasteiger partial charge is 0.0372 e. The Morgan fingerprint density at radius 1 is 1.00 bits per heavy atom. The van der Waals surface area contributed by atoms with Gasteiger partial charge in [-0.05, 0) is 49.9 Å². The molecule has 2 heteroatoms. The Morgan fingerprint density at radius 3 is 2.58 bits per heavy atom. The number of nitrogens with one attached hydrogen (secondary N) is 1. The Bertz CT molecular complexity index is 394. The summed E-state index contributed by atoms with van der Waals surface area (Å²) in [5.74, 6) is 0.786. The second-order valence-corrected chi connectivity index (χ2v) is 6.18. The fourth-order valence-electron chi connectivity index (χ4n) is 3.50. The van der Waals surface area contributed by atoms with E-state index in [0.29, 0.717) is 0 Å². The predicted molar refractivity (Wildman–Crippen MR) is 81.7 cm³/mol. The number of para-hydroxylation sites is 1. The zero-order valence-electron chi connectivity index (χ0n) is 11.9. The van der Waals surface area contributed by atoms with E-state index in [9.17, 15) is 0 Å². The molecule has 2 heterocycles. The van der Waals surface area contributed by atoms with Crippen LogP contribution in [0.1, 0.15) is 37.7 Å². The van der Waals surface area contributed by atoms with E-state index in [1.807, 2.05) is 0 Å². The lowest BCUT2D eigenvalue weighted by molar-refractivity contribution is 0.213. The first kappa shape index (κ1) is 13.0. The van der Waals surface area contributed by atoms with Crippen LogP contribution in [0.5, 0.6) is 0 Å². The highest BCUT2D eigenvalue weighted by Gasteiger charge is 2.20. The number of likely N-dealkylation sites (tertiary alicyclic amines) is 1. The van der Waals surface area contributed by atoms with Crippen LogP contribution in [0.3, 0.4) is 0 Å². The van der Waals surface area contributed by atoms with Crippen LogP contribution in [0, 0.1) is 5.92 Å². The molecule has 0 spiro atoms. The highest BCUT2D eigenvalue weighted by Crippen LogP contribution is 2.25. The molecule has 19 heavy (non-hydrogen) atoms. The molecule has 0 radical (unpaired) electrons. The first-order chi connectivity index (χ1) is 9.42. The quantitative estimate of drug-likeness (QED) is 0.873. The van der Waals surface area contributed by atoms with Crippen LogP contribution >= 0.6 is 0 Å². The summed E-state index contributed by atoms with van der Waals surface area (Å²) in [5, 5.41) is 3.60. The Hall–Kier alpha value is -1.02. The van der Waals surface area contributed by atoms with Crippen LogP contribution in [0.2, 0.25) is 0 Å². The predicted octanol–water partition coefficient (Wildman–Crippen LogP) is 3.54. The van der Waals surface area contributed by atoms with E-state index in [4.69, 9.17) is 0 Å². The molecule has 2 aliphatic rings. The molecule has 104 valence electrons. The van der Waals surface area contributed by atoms with Crippen molar-refractivity contribution in [2.24, 2.45) is 5.92 Å². The van der Waals surface area contributed by atoms with Crippen molar-refractivity contribution < 1.29 is 0 Å². The summed E-state index contributed by atoms with van der Waals surface area (Å²) in [4.78, 5) is 2.71. The molecule has 1 atom stereocenters. The van der Waals surface area contributed by atoms with Crippen molar-refractivity contribution in [1.82, 2.24) is 4.90 Å². The molecule has 0 saturated carbocycles. The zero-order valence-corrected chi connectivity index (χ0v) is 11.9. The normalized spacial score (nSPS) is 24.9. The zero-order chi connectivity index (χ0) is 12.9. The maximum absolute atomic E-state index is 3.60. The molecule has 3 rings (SSSR count). The minimum absolute atomic E-state index is 0.786. The Labute approximate surface area is 117 Å². The van der Waals surface area contributed by atoms with Gasteiger partial charge in [-0.3, -0.25) is 0 Å². The third-order valence-electron chi connectivity index (χ3n) is 4.57. The molecule has 1 N–H and O–H groups in total. The van der Waals surface area contributed by atoms with Gasteiger partial charge in [0, 0.05) is 18.8 Å². The van der Waals surface area contributed by atoms with Crippen molar-refractivity contribution in [3.8, 4) is 0 Å². The van der Waals surface area contributed by atoms with Gasteiger partial charge in [-0.15, -0.1) is 0 Å². The standard InChI is InChI=1S/C17H26N2/c1-2-6-10-19(11-7-3-1)14-15-12-16-8-4-5-9-17(16)18-13-15/h4-5,8-9,15,18H,1-3,6-7,10-14H2. The first-order valence-electron chi connectivity index (χ1n) is 7.96. The summed E-state index contributed by atoms with van der Waals surface area (Å²) in [7, 11) is 0. The van der Waals surface area contributed by atoms with Gasteiger partial charge < -0.3 is 10.2 Å². The maximum Gasteiger partial charge on any atom is 0.0372 e. The van der Waals surface area contributed by atoms with Gasteiger partial charge >= 0.3 is 0 Å². The average molecular weight is 258 g/mol. The topological polar surface area (TPSA) is 15.3 Å². The number of hydrogen-bond donors (Lipinski definition) is 1. The van der Waals surface area contributed by atoms with Crippen molar-refractivity contribution in [1.29, 1.82) is 0 Å². The third-order valence-corrected chi connectivity index (χ3v) is 4.57. The molecule has 2 nitrogen and oxygen atoms in total. The van der Waals surface area contributed by atoms with E-state index in [-0.39, 0.29) is 0 Å². The van der Waals surface area contributed by atoms with Crippen LogP contribution in [0.15, 0.2) is 24.3 Å². The van der Waals surface area contributed by atoms with Crippen molar-refractivity contribution in [3.05, 3.63) is 29.8 Å². The first-order valence-corrected chi connectivity index (χ1v) is 7.96. The van der Waals surface area contributed by atoms with Crippen molar-refractivity contribution in [3.63, 3.8) is 0 Å². The van der Waals surface area contributed by atoms with Gasteiger partial charge in [0.05, 0.1) is 0 Å². The van der Waals surface area contributed by atoms with Gasteiger partial charge in [-0.2, -0.15) is 0 Å².